The smallest absolute Gasteiger partial charge is 0.309 e. The molecule has 0 aliphatic carbocycles. The first-order chi connectivity index (χ1) is 5.59. The van der Waals surface area contributed by atoms with Crippen molar-refractivity contribution in [3.05, 3.63) is 28.2 Å². The van der Waals surface area contributed by atoms with Crippen LogP contribution < -0.4 is 5.43 Å². The van der Waals surface area contributed by atoms with Gasteiger partial charge < -0.3 is 15.2 Å². The summed E-state index contributed by atoms with van der Waals surface area (Å²) in [6.07, 6.45) is 0.816. The summed E-state index contributed by atoms with van der Waals surface area (Å²) in [6.45, 7) is 0. The largest absolute Gasteiger partial charge is 0.503 e. The number of carboxylic acid groups (broad SMARTS) is 1. The zero-order valence-electron chi connectivity index (χ0n) is 6.07. The second kappa shape index (κ2) is 3.08. The maximum Gasteiger partial charge on any atom is 0.309 e. The van der Waals surface area contributed by atoms with Gasteiger partial charge in [0.1, 0.15) is 0 Å². The summed E-state index contributed by atoms with van der Waals surface area (Å²) in [5.74, 6) is -1.44. The standard InChI is InChI=1S/C7H7NO4/c9-5-1-4(2-7(11)12)8-3-6(5)10/h1,3,10H,2H2,(H,8,9)(H,11,12). The summed E-state index contributed by atoms with van der Waals surface area (Å²) in [7, 11) is 0. The van der Waals surface area contributed by atoms with Crippen molar-refractivity contribution >= 4 is 5.97 Å². The highest BCUT2D eigenvalue weighted by Crippen LogP contribution is 1.98. The highest BCUT2D eigenvalue weighted by molar-refractivity contribution is 5.69. The number of carboxylic acids is 1. The first-order valence-corrected chi connectivity index (χ1v) is 3.22. The Bertz CT molecular complexity index is 355. The van der Waals surface area contributed by atoms with E-state index >= 15 is 0 Å². The maximum atomic E-state index is 10.8. The molecule has 12 heavy (non-hydrogen) atoms. The van der Waals surface area contributed by atoms with Gasteiger partial charge in [0.2, 0.25) is 5.43 Å². The van der Waals surface area contributed by atoms with Gasteiger partial charge in [0.15, 0.2) is 5.75 Å². The number of H-pyrrole nitrogens is 1. The SMILES string of the molecule is O=C(O)Cc1cc(=O)c(O)c[nH]1. The third-order valence-electron chi connectivity index (χ3n) is 1.29. The number of hydrogen-bond donors (Lipinski definition) is 3. The average molecular weight is 169 g/mol. The summed E-state index contributed by atoms with van der Waals surface area (Å²) in [5.41, 5.74) is -0.310. The van der Waals surface area contributed by atoms with Crippen molar-refractivity contribution in [2.24, 2.45) is 0 Å². The van der Waals surface area contributed by atoms with Crippen LogP contribution in [0.1, 0.15) is 5.69 Å². The minimum absolute atomic E-state index is 0.254. The van der Waals surface area contributed by atoms with E-state index in [1.165, 1.54) is 0 Å². The molecule has 0 radical (unpaired) electrons. The lowest BCUT2D eigenvalue weighted by molar-refractivity contribution is -0.136. The lowest BCUT2D eigenvalue weighted by atomic mass is 10.2. The predicted octanol–water partition coefficient (Wildman–Crippen LogP) is -0.292. The Labute approximate surface area is 67.3 Å². The van der Waals surface area contributed by atoms with Crippen molar-refractivity contribution in [2.75, 3.05) is 0 Å². The van der Waals surface area contributed by atoms with Crippen LogP contribution in [0.25, 0.3) is 0 Å². The lowest BCUT2D eigenvalue weighted by Crippen LogP contribution is -2.07. The fourth-order valence-electron chi connectivity index (χ4n) is 0.771. The molecule has 1 heterocycles. The number of rotatable bonds is 2. The van der Waals surface area contributed by atoms with Gasteiger partial charge in [0.25, 0.3) is 0 Å². The summed E-state index contributed by atoms with van der Waals surface area (Å²) in [5, 5.41) is 17.1. The summed E-state index contributed by atoms with van der Waals surface area (Å²) in [4.78, 5) is 23.4. The molecule has 0 bridgehead atoms. The zero-order chi connectivity index (χ0) is 9.14. The molecule has 0 aromatic carbocycles. The van der Waals surface area contributed by atoms with Crippen molar-refractivity contribution in [3.8, 4) is 5.75 Å². The molecule has 64 valence electrons. The van der Waals surface area contributed by atoms with Gasteiger partial charge in [-0.05, 0) is 0 Å². The molecule has 0 aliphatic heterocycles. The van der Waals surface area contributed by atoms with E-state index in [1.807, 2.05) is 0 Å². The maximum absolute atomic E-state index is 10.8. The molecule has 1 aromatic heterocycles. The van der Waals surface area contributed by atoms with E-state index in [1.54, 1.807) is 0 Å². The Hall–Kier alpha value is -1.78. The first-order valence-electron chi connectivity index (χ1n) is 3.22. The molecule has 1 rings (SSSR count). The quantitative estimate of drug-likeness (QED) is 0.567. The predicted molar refractivity (Wildman–Crippen MR) is 40.1 cm³/mol. The second-order valence-corrected chi connectivity index (χ2v) is 2.28. The van der Waals surface area contributed by atoms with Crippen molar-refractivity contribution in [1.29, 1.82) is 0 Å². The molecule has 0 amide bonds. The van der Waals surface area contributed by atoms with Crippen molar-refractivity contribution in [3.63, 3.8) is 0 Å². The Morgan fingerprint density at radius 1 is 1.58 bits per heavy atom. The number of aromatic amines is 1. The third kappa shape index (κ3) is 1.85. The fourth-order valence-corrected chi connectivity index (χ4v) is 0.771. The monoisotopic (exact) mass is 169 g/mol. The van der Waals surface area contributed by atoms with Crippen LogP contribution in [0.15, 0.2) is 17.1 Å². The Kier molecular flexibility index (Phi) is 2.14. The van der Waals surface area contributed by atoms with Gasteiger partial charge in [-0.15, -0.1) is 0 Å². The highest BCUT2D eigenvalue weighted by Gasteiger charge is 2.02. The number of aliphatic carboxylic acids is 1. The van der Waals surface area contributed by atoms with Gasteiger partial charge in [0, 0.05) is 18.0 Å². The third-order valence-corrected chi connectivity index (χ3v) is 1.29. The molecule has 0 atom stereocenters. The van der Waals surface area contributed by atoms with E-state index in [-0.39, 0.29) is 12.1 Å². The van der Waals surface area contributed by atoms with Gasteiger partial charge >= 0.3 is 5.97 Å². The molecule has 5 heteroatoms. The highest BCUT2D eigenvalue weighted by atomic mass is 16.4. The molecule has 0 aliphatic rings. The van der Waals surface area contributed by atoms with E-state index in [0.29, 0.717) is 0 Å². The van der Waals surface area contributed by atoms with Crippen molar-refractivity contribution in [2.45, 2.75) is 6.42 Å². The van der Waals surface area contributed by atoms with Crippen LogP contribution in [-0.4, -0.2) is 21.2 Å². The van der Waals surface area contributed by atoms with Crippen molar-refractivity contribution in [1.82, 2.24) is 4.98 Å². The van der Waals surface area contributed by atoms with Crippen LogP contribution >= 0.6 is 0 Å². The molecular weight excluding hydrogens is 162 g/mol. The molecule has 5 nitrogen and oxygen atoms in total. The topological polar surface area (TPSA) is 90.4 Å². The van der Waals surface area contributed by atoms with E-state index in [9.17, 15) is 9.59 Å². The molecule has 0 spiro atoms. The molecule has 1 aromatic rings. The second-order valence-electron chi connectivity index (χ2n) is 2.28. The number of carbonyl (C=O) groups is 1. The van der Waals surface area contributed by atoms with E-state index in [0.717, 1.165) is 12.3 Å². The number of nitrogens with one attached hydrogen (secondary N) is 1. The van der Waals surface area contributed by atoms with Crippen molar-refractivity contribution < 1.29 is 15.0 Å². The lowest BCUT2D eigenvalue weighted by Gasteiger charge is -1.96. The molecule has 0 saturated carbocycles. The van der Waals surface area contributed by atoms with Gasteiger partial charge in [0.05, 0.1) is 6.42 Å². The van der Waals surface area contributed by atoms with Crippen LogP contribution in [0, 0.1) is 0 Å². The number of hydrogen-bond acceptors (Lipinski definition) is 3. The molecule has 3 N–H and O–H groups in total. The van der Waals surface area contributed by atoms with Gasteiger partial charge in [-0.1, -0.05) is 0 Å². The number of aromatic nitrogens is 1. The number of pyridine rings is 1. The average Bonchev–Trinajstić information content (AvgIpc) is 1.96. The van der Waals surface area contributed by atoms with Gasteiger partial charge in [-0.25, -0.2) is 0 Å². The van der Waals surface area contributed by atoms with Crippen LogP contribution in [-0.2, 0) is 11.2 Å². The summed E-state index contributed by atoms with van der Waals surface area (Å²) < 4.78 is 0. The minimum Gasteiger partial charge on any atom is -0.503 e. The first kappa shape index (κ1) is 8.32. The normalized spacial score (nSPS) is 9.67. The van der Waals surface area contributed by atoms with E-state index in [4.69, 9.17) is 10.2 Å². The van der Waals surface area contributed by atoms with Crippen LogP contribution in [0.2, 0.25) is 0 Å². The summed E-state index contributed by atoms with van der Waals surface area (Å²) in [6, 6.07) is 1.06. The Morgan fingerprint density at radius 2 is 2.25 bits per heavy atom. The zero-order valence-corrected chi connectivity index (χ0v) is 6.07. The molecule has 0 unspecified atom stereocenters. The minimum atomic E-state index is -1.03. The van der Waals surface area contributed by atoms with Crippen LogP contribution in [0.5, 0.6) is 5.75 Å². The number of aromatic hydroxyl groups is 1. The summed E-state index contributed by atoms with van der Waals surface area (Å²) >= 11 is 0. The molecular formula is C7H7NO4. The fraction of sp³-hybridized carbons (Fsp3) is 0.143. The van der Waals surface area contributed by atoms with E-state index in [2.05, 4.69) is 4.98 Å². The van der Waals surface area contributed by atoms with Crippen LogP contribution in [0.3, 0.4) is 0 Å². The molecule has 0 saturated heterocycles. The Morgan fingerprint density at radius 3 is 2.75 bits per heavy atom. The Balaban J connectivity index is 2.97. The molecule has 0 fully saturated rings. The van der Waals surface area contributed by atoms with Gasteiger partial charge in [-0.3, -0.25) is 9.59 Å². The van der Waals surface area contributed by atoms with Crippen LogP contribution in [0.4, 0.5) is 0 Å². The van der Waals surface area contributed by atoms with Gasteiger partial charge in [-0.2, -0.15) is 0 Å². The van der Waals surface area contributed by atoms with E-state index < -0.39 is 17.1 Å².